The lowest BCUT2D eigenvalue weighted by Crippen LogP contribution is -2.36. The van der Waals surface area contributed by atoms with Crippen LogP contribution in [0.1, 0.15) is 66.2 Å². The zero-order valence-electron chi connectivity index (χ0n) is 18.2. The number of aromatic nitrogens is 3. The molecule has 3 aromatic rings. The summed E-state index contributed by atoms with van der Waals surface area (Å²) in [6.07, 6.45) is 8.90. The molecule has 5 rings (SSSR count). The summed E-state index contributed by atoms with van der Waals surface area (Å²) in [6, 6.07) is 12.7. The maximum atomic E-state index is 12.8. The van der Waals surface area contributed by atoms with Crippen molar-refractivity contribution in [1.29, 1.82) is 0 Å². The Labute approximate surface area is 183 Å². The van der Waals surface area contributed by atoms with Gasteiger partial charge in [-0.05, 0) is 31.4 Å². The zero-order chi connectivity index (χ0) is 21.2. The molecule has 2 aliphatic rings. The number of hydrogen-bond acceptors (Lipinski definition) is 4. The second-order valence-electron chi connectivity index (χ2n) is 9.09. The second-order valence-corrected chi connectivity index (χ2v) is 9.09. The summed E-state index contributed by atoms with van der Waals surface area (Å²) in [7, 11) is 0. The lowest BCUT2D eigenvalue weighted by molar-refractivity contribution is 0.240. The molecule has 5 heteroatoms. The van der Waals surface area contributed by atoms with Crippen LogP contribution in [-0.4, -0.2) is 26.4 Å². The van der Waals surface area contributed by atoms with E-state index in [9.17, 15) is 4.79 Å². The topological polar surface area (TPSA) is 61.9 Å². The minimum Gasteiger partial charge on any atom is -0.310 e. The molecule has 31 heavy (non-hydrogen) atoms. The molecule has 0 bridgehead atoms. The highest BCUT2D eigenvalue weighted by molar-refractivity contribution is 5.59. The lowest BCUT2D eigenvalue weighted by atomic mass is 9.88. The van der Waals surface area contributed by atoms with Gasteiger partial charge in [0.15, 0.2) is 0 Å². The molecule has 1 aliphatic heterocycles. The van der Waals surface area contributed by atoms with Crippen LogP contribution in [0.15, 0.2) is 47.4 Å². The molecule has 160 valence electrons. The van der Waals surface area contributed by atoms with E-state index in [4.69, 9.17) is 4.98 Å². The van der Waals surface area contributed by atoms with Crippen molar-refractivity contribution in [2.24, 2.45) is 0 Å². The first-order valence-corrected chi connectivity index (χ1v) is 11.5. The third-order valence-electron chi connectivity index (χ3n) is 6.74. The minimum atomic E-state index is 0.0584. The van der Waals surface area contributed by atoms with E-state index in [0.717, 1.165) is 60.7 Å². The van der Waals surface area contributed by atoms with E-state index in [2.05, 4.69) is 58.2 Å². The third-order valence-corrected chi connectivity index (χ3v) is 6.74. The summed E-state index contributed by atoms with van der Waals surface area (Å²) in [6.45, 7) is 4.47. The molecule has 3 heterocycles. The van der Waals surface area contributed by atoms with Crippen molar-refractivity contribution in [1.82, 2.24) is 19.9 Å². The summed E-state index contributed by atoms with van der Waals surface area (Å²) in [5, 5.41) is 0. The molecule has 0 atom stereocenters. The van der Waals surface area contributed by atoms with Crippen LogP contribution in [0.4, 0.5) is 0 Å². The molecule has 1 aromatic carbocycles. The van der Waals surface area contributed by atoms with Gasteiger partial charge in [0.05, 0.1) is 17.0 Å². The highest BCUT2D eigenvalue weighted by atomic mass is 16.1. The van der Waals surface area contributed by atoms with Crippen molar-refractivity contribution in [3.63, 3.8) is 0 Å². The van der Waals surface area contributed by atoms with Crippen LogP contribution in [0.3, 0.4) is 0 Å². The van der Waals surface area contributed by atoms with Crippen LogP contribution in [0.2, 0.25) is 0 Å². The number of benzene rings is 1. The fourth-order valence-corrected chi connectivity index (χ4v) is 4.88. The Morgan fingerprint density at radius 2 is 1.87 bits per heavy atom. The van der Waals surface area contributed by atoms with Gasteiger partial charge in [-0.25, -0.2) is 4.98 Å². The smallest absolute Gasteiger partial charge is 0.255 e. The Kier molecular flexibility index (Phi) is 5.68. The predicted molar refractivity (Wildman–Crippen MR) is 123 cm³/mol. The van der Waals surface area contributed by atoms with Crippen LogP contribution >= 0.6 is 0 Å². The molecule has 2 aromatic heterocycles. The zero-order valence-corrected chi connectivity index (χ0v) is 18.2. The van der Waals surface area contributed by atoms with Crippen LogP contribution in [0.5, 0.6) is 0 Å². The van der Waals surface area contributed by atoms with E-state index < -0.39 is 0 Å². The summed E-state index contributed by atoms with van der Waals surface area (Å²) < 4.78 is 0. The standard InChI is InChI=1S/C26H30N4O/c1-18-7-10-20(11-8-18)23-12-9-19(15-27-23)16-30-14-13-24-22(17-30)26(31)29-25(28-24)21-5-3-2-4-6-21/h7-12,15,21H,2-6,13-14,16-17H2,1H3,(H,28,29,31). The fraction of sp³-hybridized carbons (Fsp3) is 0.423. The molecular formula is C26H30N4O. The molecule has 5 nitrogen and oxygen atoms in total. The Morgan fingerprint density at radius 1 is 1.06 bits per heavy atom. The van der Waals surface area contributed by atoms with Gasteiger partial charge in [0.2, 0.25) is 0 Å². The van der Waals surface area contributed by atoms with E-state index in [0.29, 0.717) is 12.5 Å². The van der Waals surface area contributed by atoms with Crippen molar-refractivity contribution in [2.75, 3.05) is 6.54 Å². The van der Waals surface area contributed by atoms with E-state index in [1.54, 1.807) is 0 Å². The lowest BCUT2D eigenvalue weighted by Gasteiger charge is -2.28. The first-order chi connectivity index (χ1) is 15.2. The number of aryl methyl sites for hydroxylation is 1. The summed E-state index contributed by atoms with van der Waals surface area (Å²) in [5.74, 6) is 1.36. The first kappa shape index (κ1) is 20.1. The quantitative estimate of drug-likeness (QED) is 0.669. The second kappa shape index (κ2) is 8.75. The highest BCUT2D eigenvalue weighted by Crippen LogP contribution is 2.31. The van der Waals surface area contributed by atoms with Crippen molar-refractivity contribution in [3.05, 3.63) is 81.2 Å². The normalized spacial score (nSPS) is 17.5. The number of pyridine rings is 1. The van der Waals surface area contributed by atoms with Crippen LogP contribution < -0.4 is 5.56 Å². The monoisotopic (exact) mass is 414 g/mol. The van der Waals surface area contributed by atoms with Crippen molar-refractivity contribution in [3.8, 4) is 11.3 Å². The average Bonchev–Trinajstić information content (AvgIpc) is 2.81. The maximum Gasteiger partial charge on any atom is 0.255 e. The number of nitrogens with zero attached hydrogens (tertiary/aromatic N) is 3. The molecule has 1 N–H and O–H groups in total. The molecular weight excluding hydrogens is 384 g/mol. The number of nitrogens with one attached hydrogen (secondary N) is 1. The van der Waals surface area contributed by atoms with Gasteiger partial charge in [-0.2, -0.15) is 0 Å². The number of fused-ring (bicyclic) bond motifs is 1. The van der Waals surface area contributed by atoms with E-state index in [1.807, 2.05) is 6.20 Å². The van der Waals surface area contributed by atoms with E-state index in [-0.39, 0.29) is 5.56 Å². The fourth-order valence-electron chi connectivity index (χ4n) is 4.88. The molecule has 0 unspecified atom stereocenters. The van der Waals surface area contributed by atoms with E-state index in [1.165, 1.54) is 30.4 Å². The Bertz CT molecular complexity index is 1100. The van der Waals surface area contributed by atoms with Crippen LogP contribution in [-0.2, 0) is 19.5 Å². The van der Waals surface area contributed by atoms with Gasteiger partial charge < -0.3 is 4.98 Å². The Balaban J connectivity index is 1.27. The molecule has 1 fully saturated rings. The molecule has 1 saturated carbocycles. The van der Waals surface area contributed by atoms with Gasteiger partial charge in [-0.15, -0.1) is 0 Å². The largest absolute Gasteiger partial charge is 0.310 e. The van der Waals surface area contributed by atoms with Gasteiger partial charge >= 0.3 is 0 Å². The number of aromatic amines is 1. The van der Waals surface area contributed by atoms with Crippen molar-refractivity contribution in [2.45, 2.75) is 64.5 Å². The van der Waals surface area contributed by atoms with E-state index >= 15 is 0 Å². The molecule has 0 saturated heterocycles. The first-order valence-electron chi connectivity index (χ1n) is 11.5. The van der Waals surface area contributed by atoms with Crippen molar-refractivity contribution < 1.29 is 0 Å². The SMILES string of the molecule is Cc1ccc(-c2ccc(CN3CCc4nc(C5CCCCC5)[nH]c(=O)c4C3)cn2)cc1. The van der Waals surface area contributed by atoms with Gasteiger partial charge in [0.25, 0.3) is 5.56 Å². The number of rotatable bonds is 4. The molecule has 1 aliphatic carbocycles. The summed E-state index contributed by atoms with van der Waals surface area (Å²) in [4.78, 5) is 27.8. The molecule has 0 radical (unpaired) electrons. The highest BCUT2D eigenvalue weighted by Gasteiger charge is 2.24. The number of H-pyrrole nitrogens is 1. The third kappa shape index (κ3) is 4.47. The van der Waals surface area contributed by atoms with Crippen LogP contribution in [0.25, 0.3) is 11.3 Å². The summed E-state index contributed by atoms with van der Waals surface area (Å²) in [5.41, 5.74) is 6.45. The number of hydrogen-bond donors (Lipinski definition) is 1. The van der Waals surface area contributed by atoms with Gasteiger partial charge in [-0.1, -0.05) is 55.2 Å². The maximum absolute atomic E-state index is 12.8. The molecule has 0 amide bonds. The minimum absolute atomic E-state index is 0.0584. The van der Waals surface area contributed by atoms with Gasteiger partial charge in [0, 0.05) is 43.7 Å². The average molecular weight is 415 g/mol. The Morgan fingerprint density at radius 3 is 2.61 bits per heavy atom. The Hall–Kier alpha value is -2.79. The van der Waals surface area contributed by atoms with Crippen molar-refractivity contribution >= 4 is 0 Å². The van der Waals surface area contributed by atoms with Crippen LogP contribution in [0, 0.1) is 6.92 Å². The molecule has 0 spiro atoms. The predicted octanol–water partition coefficient (Wildman–Crippen LogP) is 4.75. The van der Waals surface area contributed by atoms with Gasteiger partial charge in [-0.3, -0.25) is 14.7 Å². The van der Waals surface area contributed by atoms with Gasteiger partial charge in [0.1, 0.15) is 5.82 Å². The summed E-state index contributed by atoms with van der Waals surface area (Å²) >= 11 is 0.